The number of fused-ring (bicyclic) bond motifs is 4. The van der Waals surface area contributed by atoms with Crippen molar-refractivity contribution in [3.63, 3.8) is 0 Å². The molecule has 1 fully saturated rings. The van der Waals surface area contributed by atoms with E-state index in [4.69, 9.17) is 0 Å². The first-order chi connectivity index (χ1) is 11.6. The predicted octanol–water partition coefficient (Wildman–Crippen LogP) is 2.38. The highest BCUT2D eigenvalue weighted by molar-refractivity contribution is 5.55. The number of hydrogen-bond donors (Lipinski definition) is 0. The van der Waals surface area contributed by atoms with Crippen LogP contribution in [-0.2, 0) is 6.54 Å². The Hall–Kier alpha value is -2.01. The van der Waals surface area contributed by atoms with E-state index in [0.717, 1.165) is 37.4 Å². The van der Waals surface area contributed by atoms with Gasteiger partial charge in [-0.05, 0) is 30.4 Å². The topological polar surface area (TPSA) is 51.0 Å². The molecule has 24 heavy (non-hydrogen) atoms. The van der Waals surface area contributed by atoms with Crippen molar-refractivity contribution in [1.29, 1.82) is 0 Å². The van der Waals surface area contributed by atoms with Crippen molar-refractivity contribution in [2.45, 2.75) is 32.7 Å². The molecule has 5 nitrogen and oxygen atoms in total. The average molecular weight is 324 g/mol. The minimum atomic E-state index is 0.0852. The molecule has 4 rings (SSSR count). The molecule has 0 radical (unpaired) electrons. The van der Waals surface area contributed by atoms with E-state index >= 15 is 0 Å². The lowest BCUT2D eigenvalue weighted by molar-refractivity contribution is 0.109. The average Bonchev–Trinajstić information content (AvgIpc) is 2.56. The van der Waals surface area contributed by atoms with Crippen LogP contribution < -0.4 is 5.56 Å². The molecule has 2 aromatic heterocycles. The van der Waals surface area contributed by atoms with Crippen molar-refractivity contribution in [1.82, 2.24) is 19.4 Å². The van der Waals surface area contributed by atoms with E-state index in [1.165, 1.54) is 6.42 Å². The minimum Gasteiger partial charge on any atom is -0.312 e. The lowest BCUT2D eigenvalue weighted by Crippen LogP contribution is -2.48. The molecule has 1 saturated heterocycles. The molecule has 0 aliphatic carbocycles. The van der Waals surface area contributed by atoms with E-state index in [2.05, 4.69) is 34.8 Å². The van der Waals surface area contributed by atoms with Crippen LogP contribution in [0, 0.1) is 11.8 Å². The Labute approximate surface area is 142 Å². The standard InChI is InChI=1S/C19H24N4O/c1-13(2)9-22-10-14-6-16(12-22)17-7-15(8-18(24)23(17)11-14)19-20-4-3-5-21-19/h3-5,7-8,13-14,16H,6,9-12H2,1-2H3/t14-,16+/m0/s1. The molecule has 0 N–H and O–H groups in total. The maximum Gasteiger partial charge on any atom is 0.251 e. The highest BCUT2D eigenvalue weighted by Gasteiger charge is 2.35. The fourth-order valence-electron chi connectivity index (χ4n) is 4.30. The summed E-state index contributed by atoms with van der Waals surface area (Å²) in [6, 6.07) is 5.62. The monoisotopic (exact) mass is 324 g/mol. The number of piperidine rings is 1. The third-order valence-corrected chi connectivity index (χ3v) is 5.08. The normalized spacial score (nSPS) is 23.3. The van der Waals surface area contributed by atoms with Crippen LogP contribution in [0.5, 0.6) is 0 Å². The molecule has 2 bridgehead atoms. The van der Waals surface area contributed by atoms with Crippen molar-refractivity contribution in [3.05, 3.63) is 46.6 Å². The summed E-state index contributed by atoms with van der Waals surface area (Å²) in [4.78, 5) is 23.8. The first kappa shape index (κ1) is 15.5. The number of likely N-dealkylation sites (tertiary alicyclic amines) is 1. The third kappa shape index (κ3) is 2.88. The highest BCUT2D eigenvalue weighted by Crippen LogP contribution is 2.36. The van der Waals surface area contributed by atoms with Gasteiger partial charge in [-0.3, -0.25) is 4.79 Å². The zero-order valence-corrected chi connectivity index (χ0v) is 14.4. The zero-order valence-electron chi connectivity index (χ0n) is 14.4. The van der Waals surface area contributed by atoms with Crippen molar-refractivity contribution in [3.8, 4) is 11.4 Å². The largest absolute Gasteiger partial charge is 0.312 e. The van der Waals surface area contributed by atoms with Gasteiger partial charge in [-0.1, -0.05) is 13.8 Å². The van der Waals surface area contributed by atoms with Crippen molar-refractivity contribution in [2.75, 3.05) is 19.6 Å². The van der Waals surface area contributed by atoms with Gasteiger partial charge in [0.1, 0.15) is 0 Å². The van der Waals surface area contributed by atoms with Crippen LogP contribution in [0.1, 0.15) is 31.9 Å². The first-order valence-electron chi connectivity index (χ1n) is 8.84. The summed E-state index contributed by atoms with van der Waals surface area (Å²) in [7, 11) is 0. The molecule has 2 atom stereocenters. The van der Waals surface area contributed by atoms with Gasteiger partial charge in [0.2, 0.25) is 0 Å². The molecule has 5 heteroatoms. The maximum atomic E-state index is 12.6. The second-order valence-corrected chi connectivity index (χ2v) is 7.60. The summed E-state index contributed by atoms with van der Waals surface area (Å²) >= 11 is 0. The van der Waals surface area contributed by atoms with E-state index in [-0.39, 0.29) is 5.56 Å². The smallest absolute Gasteiger partial charge is 0.251 e. The number of aromatic nitrogens is 3. The second-order valence-electron chi connectivity index (χ2n) is 7.60. The van der Waals surface area contributed by atoms with Gasteiger partial charge >= 0.3 is 0 Å². The van der Waals surface area contributed by atoms with Gasteiger partial charge < -0.3 is 9.47 Å². The fraction of sp³-hybridized carbons (Fsp3) is 0.526. The third-order valence-electron chi connectivity index (χ3n) is 5.08. The molecular formula is C19H24N4O. The molecule has 0 aromatic carbocycles. The Morgan fingerprint density at radius 3 is 2.71 bits per heavy atom. The van der Waals surface area contributed by atoms with Gasteiger partial charge in [-0.15, -0.1) is 0 Å². The van der Waals surface area contributed by atoms with E-state index in [9.17, 15) is 4.79 Å². The molecule has 126 valence electrons. The van der Waals surface area contributed by atoms with Gasteiger partial charge in [0.15, 0.2) is 5.82 Å². The number of nitrogens with zero attached hydrogens (tertiary/aromatic N) is 4. The van der Waals surface area contributed by atoms with E-state index < -0.39 is 0 Å². The van der Waals surface area contributed by atoms with Crippen LogP contribution in [0.15, 0.2) is 35.4 Å². The number of pyridine rings is 1. The molecule has 0 saturated carbocycles. The molecule has 0 unspecified atom stereocenters. The van der Waals surface area contributed by atoms with Crippen LogP contribution >= 0.6 is 0 Å². The van der Waals surface area contributed by atoms with Crippen LogP contribution in [0.3, 0.4) is 0 Å². The van der Waals surface area contributed by atoms with Crippen LogP contribution in [0.2, 0.25) is 0 Å². The Morgan fingerprint density at radius 1 is 1.17 bits per heavy atom. The van der Waals surface area contributed by atoms with Crippen molar-refractivity contribution in [2.24, 2.45) is 11.8 Å². The Kier molecular flexibility index (Phi) is 3.96. The van der Waals surface area contributed by atoms with Gasteiger partial charge in [0, 0.05) is 61.8 Å². The number of rotatable bonds is 3. The van der Waals surface area contributed by atoms with Crippen LogP contribution in [-0.4, -0.2) is 39.1 Å². The SMILES string of the molecule is CC(C)CN1C[C@@H]2C[C@H](C1)c1cc(-c3ncccn3)cc(=O)n1C2. The van der Waals surface area contributed by atoms with Gasteiger partial charge in [-0.2, -0.15) is 0 Å². The van der Waals surface area contributed by atoms with E-state index in [1.54, 1.807) is 24.5 Å². The highest BCUT2D eigenvalue weighted by atomic mass is 16.1. The van der Waals surface area contributed by atoms with Gasteiger partial charge in [0.25, 0.3) is 5.56 Å². The van der Waals surface area contributed by atoms with Gasteiger partial charge in [-0.25, -0.2) is 9.97 Å². The molecular weight excluding hydrogens is 300 g/mol. The predicted molar refractivity (Wildman–Crippen MR) is 93.9 cm³/mol. The summed E-state index contributed by atoms with van der Waals surface area (Å²) in [5, 5.41) is 0. The molecule has 2 aromatic rings. The Morgan fingerprint density at radius 2 is 1.96 bits per heavy atom. The second kappa shape index (κ2) is 6.13. The van der Waals surface area contributed by atoms with E-state index in [1.807, 2.05) is 4.57 Å². The zero-order chi connectivity index (χ0) is 16.7. The summed E-state index contributed by atoms with van der Waals surface area (Å²) in [6.07, 6.45) is 4.63. The Balaban J connectivity index is 1.71. The lowest BCUT2D eigenvalue weighted by atomic mass is 9.82. The molecule has 4 heterocycles. The lowest BCUT2D eigenvalue weighted by Gasteiger charge is -2.43. The summed E-state index contributed by atoms with van der Waals surface area (Å²) < 4.78 is 1.98. The van der Waals surface area contributed by atoms with Gasteiger partial charge in [0.05, 0.1) is 0 Å². The quantitative estimate of drug-likeness (QED) is 0.870. The molecule has 2 aliphatic rings. The van der Waals surface area contributed by atoms with Crippen LogP contribution in [0.25, 0.3) is 11.4 Å². The molecule has 2 aliphatic heterocycles. The maximum absolute atomic E-state index is 12.6. The fourth-order valence-corrected chi connectivity index (χ4v) is 4.30. The first-order valence-corrected chi connectivity index (χ1v) is 8.84. The minimum absolute atomic E-state index is 0.0852. The van der Waals surface area contributed by atoms with Crippen molar-refractivity contribution < 1.29 is 0 Å². The van der Waals surface area contributed by atoms with Crippen LogP contribution in [0.4, 0.5) is 0 Å². The summed E-state index contributed by atoms with van der Waals surface area (Å²) in [5.41, 5.74) is 2.09. The summed E-state index contributed by atoms with van der Waals surface area (Å²) in [5.74, 6) is 2.34. The molecule has 0 amide bonds. The molecule has 0 spiro atoms. The Bertz CT molecular complexity index is 784. The van der Waals surface area contributed by atoms with Crippen molar-refractivity contribution >= 4 is 0 Å². The number of hydrogen-bond acceptors (Lipinski definition) is 4. The van der Waals surface area contributed by atoms with E-state index in [0.29, 0.717) is 23.6 Å². The summed E-state index contributed by atoms with van der Waals surface area (Å²) in [6.45, 7) is 8.69.